The Balaban J connectivity index is 2.52. The number of carbonyl (C=O) groups excluding carboxylic acids is 1. The minimum atomic E-state index is -4.88. The Morgan fingerprint density at radius 2 is 1.69 bits per heavy atom. The van der Waals surface area contributed by atoms with E-state index in [1.54, 1.807) is 0 Å². The molecule has 0 aromatic heterocycles. The summed E-state index contributed by atoms with van der Waals surface area (Å²) in [5, 5.41) is 0. The van der Waals surface area contributed by atoms with Crippen LogP contribution in [0.3, 0.4) is 0 Å². The summed E-state index contributed by atoms with van der Waals surface area (Å²) in [5.41, 5.74) is 0. The van der Waals surface area contributed by atoms with Crippen molar-refractivity contribution < 1.29 is 22.7 Å². The van der Waals surface area contributed by atoms with Crippen molar-refractivity contribution >= 4 is 28.6 Å². The second kappa shape index (κ2) is 6.07. The first-order valence-corrected chi connectivity index (χ1v) is 6.57. The molecule has 0 aliphatic heterocycles. The molecule has 0 N–H and O–H groups in total. The Bertz CT molecular complexity index is 243. The maximum absolute atomic E-state index is 12.0. The van der Waals surface area contributed by atoms with E-state index in [9.17, 15) is 18.0 Å². The smallest absolute Gasteiger partial charge is 0.455 e. The molecule has 0 spiro atoms. The Hall–Kier alpha value is -0.0100. The fraction of sp³-hybridized carbons (Fsp3) is 0.900. The lowest BCUT2D eigenvalue weighted by molar-refractivity contribution is -0.205. The van der Waals surface area contributed by atoms with E-state index in [0.717, 1.165) is 32.1 Å². The average Bonchev–Trinajstić information content (AvgIpc) is 2.16. The van der Waals surface area contributed by atoms with Gasteiger partial charge in [0.1, 0.15) is 6.10 Å². The van der Waals surface area contributed by atoms with Gasteiger partial charge in [-0.05, 0) is 19.3 Å². The third-order valence-corrected chi connectivity index (χ3v) is 4.04. The van der Waals surface area contributed by atoms with Gasteiger partial charge in [0.2, 0.25) is 0 Å². The van der Waals surface area contributed by atoms with Crippen LogP contribution in [0, 0.1) is 0 Å². The molecule has 1 saturated carbocycles. The summed E-state index contributed by atoms with van der Waals surface area (Å²) in [6, 6.07) is 0. The van der Waals surface area contributed by atoms with Gasteiger partial charge in [-0.25, -0.2) is 4.79 Å². The van der Waals surface area contributed by atoms with Crippen molar-refractivity contribution in [2.45, 2.75) is 54.7 Å². The number of rotatable bonds is 1. The SMILES string of the molecule is O=C(O[C@@H]1CCCCCC[C@H]1I)C(F)(F)F. The van der Waals surface area contributed by atoms with Crippen LogP contribution in [0.4, 0.5) is 13.2 Å². The van der Waals surface area contributed by atoms with Crippen LogP contribution in [0.25, 0.3) is 0 Å². The molecule has 0 unspecified atom stereocenters. The van der Waals surface area contributed by atoms with Gasteiger partial charge in [-0.15, -0.1) is 0 Å². The summed E-state index contributed by atoms with van der Waals surface area (Å²) >= 11 is 2.08. The molecule has 0 aromatic rings. The summed E-state index contributed by atoms with van der Waals surface area (Å²) in [4.78, 5) is 10.7. The van der Waals surface area contributed by atoms with Gasteiger partial charge in [-0.2, -0.15) is 13.2 Å². The molecule has 1 aliphatic carbocycles. The van der Waals surface area contributed by atoms with Crippen molar-refractivity contribution in [3.63, 3.8) is 0 Å². The van der Waals surface area contributed by atoms with Crippen LogP contribution in [-0.4, -0.2) is 22.2 Å². The van der Waals surface area contributed by atoms with Gasteiger partial charge in [-0.3, -0.25) is 0 Å². The number of hydrogen-bond donors (Lipinski definition) is 0. The van der Waals surface area contributed by atoms with E-state index in [1.807, 2.05) is 0 Å². The quantitative estimate of drug-likeness (QED) is 0.410. The van der Waals surface area contributed by atoms with Crippen LogP contribution in [0.5, 0.6) is 0 Å². The van der Waals surface area contributed by atoms with Crippen LogP contribution in [-0.2, 0) is 9.53 Å². The van der Waals surface area contributed by atoms with E-state index >= 15 is 0 Å². The molecule has 0 aromatic carbocycles. The van der Waals surface area contributed by atoms with Gasteiger partial charge in [0.25, 0.3) is 0 Å². The van der Waals surface area contributed by atoms with Crippen molar-refractivity contribution in [3.8, 4) is 0 Å². The molecule has 0 amide bonds. The first-order valence-electron chi connectivity index (χ1n) is 5.33. The van der Waals surface area contributed by atoms with E-state index in [0.29, 0.717) is 6.42 Å². The van der Waals surface area contributed by atoms with Gasteiger partial charge in [0.05, 0.1) is 0 Å². The molecule has 1 aliphatic rings. The second-order valence-electron chi connectivity index (χ2n) is 3.95. The first-order chi connectivity index (χ1) is 7.41. The monoisotopic (exact) mass is 350 g/mol. The van der Waals surface area contributed by atoms with Crippen molar-refractivity contribution in [1.29, 1.82) is 0 Å². The number of carbonyl (C=O) groups is 1. The molecule has 0 radical (unpaired) electrons. The molecule has 0 bridgehead atoms. The molecular weight excluding hydrogens is 336 g/mol. The molecule has 2 atom stereocenters. The highest BCUT2D eigenvalue weighted by Crippen LogP contribution is 2.28. The highest BCUT2D eigenvalue weighted by Gasteiger charge is 2.43. The molecule has 16 heavy (non-hydrogen) atoms. The third-order valence-electron chi connectivity index (χ3n) is 2.61. The van der Waals surface area contributed by atoms with Gasteiger partial charge in [0, 0.05) is 3.92 Å². The molecule has 2 nitrogen and oxygen atoms in total. The zero-order valence-corrected chi connectivity index (χ0v) is 10.9. The van der Waals surface area contributed by atoms with E-state index in [-0.39, 0.29) is 3.92 Å². The number of esters is 1. The Kier molecular flexibility index (Phi) is 5.33. The van der Waals surface area contributed by atoms with Crippen molar-refractivity contribution in [3.05, 3.63) is 0 Å². The first kappa shape index (κ1) is 14.1. The second-order valence-corrected chi connectivity index (χ2v) is 5.55. The summed E-state index contributed by atoms with van der Waals surface area (Å²) in [7, 11) is 0. The van der Waals surface area contributed by atoms with Crippen LogP contribution < -0.4 is 0 Å². The maximum Gasteiger partial charge on any atom is 0.490 e. The zero-order chi connectivity index (χ0) is 12.2. The molecule has 1 rings (SSSR count). The Morgan fingerprint density at radius 3 is 2.25 bits per heavy atom. The van der Waals surface area contributed by atoms with E-state index in [4.69, 9.17) is 0 Å². The lowest BCUT2D eigenvalue weighted by atomic mass is 9.98. The van der Waals surface area contributed by atoms with Crippen LogP contribution in [0.2, 0.25) is 0 Å². The maximum atomic E-state index is 12.0. The fourth-order valence-corrected chi connectivity index (χ4v) is 2.69. The number of alkyl halides is 4. The van der Waals surface area contributed by atoms with Gasteiger partial charge in [-0.1, -0.05) is 41.9 Å². The van der Waals surface area contributed by atoms with E-state index in [1.165, 1.54) is 0 Å². The summed E-state index contributed by atoms with van der Waals surface area (Å²) in [5.74, 6) is -2.06. The lowest BCUT2D eigenvalue weighted by Crippen LogP contribution is -2.34. The summed E-state index contributed by atoms with van der Waals surface area (Å²) in [6.07, 6.45) is -0.175. The van der Waals surface area contributed by atoms with Gasteiger partial charge in [0.15, 0.2) is 0 Å². The third kappa shape index (κ3) is 4.47. The zero-order valence-electron chi connectivity index (χ0n) is 8.73. The highest BCUT2D eigenvalue weighted by atomic mass is 127. The van der Waals surface area contributed by atoms with Crippen molar-refractivity contribution in [2.75, 3.05) is 0 Å². The number of ether oxygens (including phenoxy) is 1. The average molecular weight is 350 g/mol. The summed E-state index contributed by atoms with van der Waals surface area (Å²) in [6.45, 7) is 0. The largest absolute Gasteiger partial charge is 0.490 e. The predicted octanol–water partition coefficient (Wildman–Crippen LogP) is 3.62. The van der Waals surface area contributed by atoms with Crippen LogP contribution >= 0.6 is 22.6 Å². The highest BCUT2D eigenvalue weighted by molar-refractivity contribution is 14.1. The molecular formula is C10H14F3IO2. The van der Waals surface area contributed by atoms with Crippen molar-refractivity contribution in [1.82, 2.24) is 0 Å². The molecule has 6 heteroatoms. The van der Waals surface area contributed by atoms with Crippen LogP contribution in [0.1, 0.15) is 38.5 Å². The predicted molar refractivity (Wildman–Crippen MR) is 61.4 cm³/mol. The minimum absolute atomic E-state index is 0.0100. The van der Waals surface area contributed by atoms with E-state index < -0.39 is 18.2 Å². The molecule has 1 fully saturated rings. The topological polar surface area (TPSA) is 26.3 Å². The van der Waals surface area contributed by atoms with Crippen LogP contribution in [0.15, 0.2) is 0 Å². The normalized spacial score (nSPS) is 28.0. The lowest BCUT2D eigenvalue weighted by Gasteiger charge is -2.25. The van der Waals surface area contributed by atoms with E-state index in [2.05, 4.69) is 27.3 Å². The molecule has 0 saturated heterocycles. The fourth-order valence-electron chi connectivity index (χ4n) is 1.74. The standard InChI is InChI=1S/C10H14F3IO2/c11-10(12,13)9(15)16-8-6-4-2-1-3-5-7(8)14/h7-8H,1-6H2/t7-,8-/m1/s1. The van der Waals surface area contributed by atoms with Crippen molar-refractivity contribution in [2.24, 2.45) is 0 Å². The Morgan fingerprint density at radius 1 is 1.12 bits per heavy atom. The molecule has 94 valence electrons. The number of halogens is 4. The van der Waals surface area contributed by atoms with Gasteiger partial charge >= 0.3 is 12.1 Å². The van der Waals surface area contributed by atoms with Gasteiger partial charge < -0.3 is 4.74 Å². The minimum Gasteiger partial charge on any atom is -0.455 e. The molecule has 0 heterocycles. The Labute approximate surface area is 106 Å². The number of hydrogen-bond acceptors (Lipinski definition) is 2. The summed E-state index contributed by atoms with van der Waals surface area (Å²) < 4.78 is 40.6.